The van der Waals surface area contributed by atoms with Crippen molar-refractivity contribution >= 4 is 23.7 Å². The van der Waals surface area contributed by atoms with Gasteiger partial charge in [0.2, 0.25) is 11.7 Å². The summed E-state index contributed by atoms with van der Waals surface area (Å²) in [6.07, 6.45) is -1.32. The van der Waals surface area contributed by atoms with Crippen molar-refractivity contribution in [3.8, 4) is 5.75 Å². The van der Waals surface area contributed by atoms with Gasteiger partial charge in [-0.3, -0.25) is 14.4 Å². The van der Waals surface area contributed by atoms with Crippen LogP contribution in [0.25, 0.3) is 0 Å². The van der Waals surface area contributed by atoms with Gasteiger partial charge < -0.3 is 30.2 Å². The SMILES string of the molecule is CC(C)[C@H](NC(=O)OCc1ccccc1)C(=O)NC(Cc1ccc(OCc2ccccc2)cc1)C(=O)C(F)(F)C(=O)N[C@@H](COCc1ccccc1)c1ccccc1. The first-order chi connectivity index (χ1) is 28.0. The van der Waals surface area contributed by atoms with Crippen LogP contribution in [0.2, 0.25) is 0 Å². The highest BCUT2D eigenvalue weighted by Gasteiger charge is 2.51. The molecule has 5 aromatic carbocycles. The molecule has 0 bridgehead atoms. The molecule has 0 aliphatic rings. The lowest BCUT2D eigenvalue weighted by molar-refractivity contribution is -0.161. The Balaban J connectivity index is 1.33. The number of hydrogen-bond acceptors (Lipinski definition) is 7. The molecule has 0 aromatic heterocycles. The Morgan fingerprint density at radius 1 is 0.603 bits per heavy atom. The third kappa shape index (κ3) is 12.8. The van der Waals surface area contributed by atoms with Crippen LogP contribution in [0, 0.1) is 5.92 Å². The van der Waals surface area contributed by atoms with Crippen LogP contribution in [0.5, 0.6) is 5.75 Å². The van der Waals surface area contributed by atoms with Crippen molar-refractivity contribution < 1.29 is 42.2 Å². The number of amides is 3. The Morgan fingerprint density at radius 3 is 1.67 bits per heavy atom. The Hall–Kier alpha value is -6.40. The lowest BCUT2D eigenvalue weighted by atomic mass is 9.96. The third-order valence-electron chi connectivity index (χ3n) is 9.18. The summed E-state index contributed by atoms with van der Waals surface area (Å²) in [7, 11) is 0. The molecular formula is C46H47F2N3O7. The second-order valence-electron chi connectivity index (χ2n) is 14.0. The number of alkyl carbamates (subject to hydrolysis) is 1. The van der Waals surface area contributed by atoms with E-state index in [0.29, 0.717) is 22.4 Å². The molecule has 302 valence electrons. The largest absolute Gasteiger partial charge is 0.489 e. The van der Waals surface area contributed by atoms with E-state index in [9.17, 15) is 19.2 Å². The summed E-state index contributed by atoms with van der Waals surface area (Å²) < 4.78 is 49.3. The molecule has 58 heavy (non-hydrogen) atoms. The molecular weight excluding hydrogens is 745 g/mol. The molecule has 1 unspecified atom stereocenters. The summed E-state index contributed by atoms with van der Waals surface area (Å²) in [5.41, 5.74) is 3.37. The molecule has 0 radical (unpaired) electrons. The number of carbonyl (C=O) groups excluding carboxylic acids is 4. The van der Waals surface area contributed by atoms with Crippen LogP contribution in [0.1, 0.15) is 47.7 Å². The van der Waals surface area contributed by atoms with Gasteiger partial charge in [0.25, 0.3) is 5.91 Å². The van der Waals surface area contributed by atoms with Gasteiger partial charge in [-0.1, -0.05) is 147 Å². The molecule has 0 aliphatic carbocycles. The number of carbonyl (C=O) groups is 4. The number of hydrogen-bond donors (Lipinski definition) is 3. The van der Waals surface area contributed by atoms with Crippen molar-refractivity contribution in [2.75, 3.05) is 6.61 Å². The predicted molar refractivity (Wildman–Crippen MR) is 215 cm³/mol. The van der Waals surface area contributed by atoms with Crippen molar-refractivity contribution in [1.82, 2.24) is 16.0 Å². The van der Waals surface area contributed by atoms with E-state index in [1.807, 2.05) is 66.7 Å². The number of Topliss-reactive ketones (excluding diaryl/α,β-unsaturated/α-hetero) is 1. The van der Waals surface area contributed by atoms with Crippen LogP contribution >= 0.6 is 0 Å². The first kappa shape index (κ1) is 42.7. The van der Waals surface area contributed by atoms with E-state index in [1.165, 1.54) is 0 Å². The molecule has 0 saturated heterocycles. The van der Waals surface area contributed by atoms with Crippen molar-refractivity contribution in [3.05, 3.63) is 173 Å². The molecule has 12 heteroatoms. The summed E-state index contributed by atoms with van der Waals surface area (Å²) >= 11 is 0. The summed E-state index contributed by atoms with van der Waals surface area (Å²) in [6.45, 7) is 3.47. The first-order valence-electron chi connectivity index (χ1n) is 18.9. The van der Waals surface area contributed by atoms with Gasteiger partial charge in [0.1, 0.15) is 25.0 Å². The number of rotatable bonds is 20. The van der Waals surface area contributed by atoms with Gasteiger partial charge in [-0.25, -0.2) is 4.79 Å². The number of ketones is 1. The Morgan fingerprint density at radius 2 is 1.12 bits per heavy atom. The number of nitrogens with one attached hydrogen (secondary N) is 3. The van der Waals surface area contributed by atoms with Crippen LogP contribution in [0.15, 0.2) is 146 Å². The fraction of sp³-hybridized carbons (Fsp3) is 0.261. The minimum Gasteiger partial charge on any atom is -0.489 e. The standard InChI is InChI=1S/C46H47F2N3O7/c1-32(2)41(51-45(55)58-30-36-19-11-5-12-20-36)43(53)49-39(27-33-23-25-38(26-24-33)57-29-35-17-9-4-10-18-35)42(52)46(47,48)44(54)50-40(37-21-13-6-14-22-37)31-56-28-34-15-7-3-8-16-34/h3-26,32,39-41H,27-31H2,1-2H3,(H,49,53)(H,50,54)(H,51,55)/t39?,40-,41-/m0/s1. The Labute approximate surface area is 336 Å². The molecule has 10 nitrogen and oxygen atoms in total. The number of ether oxygens (including phenoxy) is 3. The van der Waals surface area contributed by atoms with Crippen LogP contribution in [-0.2, 0) is 50.1 Å². The molecule has 0 spiro atoms. The minimum atomic E-state index is -4.60. The lowest BCUT2D eigenvalue weighted by Gasteiger charge is -2.28. The average Bonchev–Trinajstić information content (AvgIpc) is 3.24. The Kier molecular flexibility index (Phi) is 15.6. The molecule has 5 rings (SSSR count). The highest BCUT2D eigenvalue weighted by Crippen LogP contribution is 2.24. The Bertz CT molecular complexity index is 2050. The minimum absolute atomic E-state index is 0.0755. The van der Waals surface area contributed by atoms with E-state index in [-0.39, 0.29) is 26.4 Å². The normalized spacial score (nSPS) is 12.8. The van der Waals surface area contributed by atoms with Gasteiger partial charge in [0.05, 0.1) is 25.3 Å². The molecule has 3 amide bonds. The van der Waals surface area contributed by atoms with Crippen LogP contribution in [-0.4, -0.2) is 48.3 Å². The fourth-order valence-electron chi connectivity index (χ4n) is 5.95. The van der Waals surface area contributed by atoms with Crippen LogP contribution in [0.3, 0.4) is 0 Å². The maximum atomic E-state index is 16.2. The highest BCUT2D eigenvalue weighted by molar-refractivity contribution is 6.10. The van der Waals surface area contributed by atoms with Crippen LogP contribution < -0.4 is 20.7 Å². The lowest BCUT2D eigenvalue weighted by Crippen LogP contribution is -2.59. The van der Waals surface area contributed by atoms with Crippen LogP contribution in [0.4, 0.5) is 13.6 Å². The maximum absolute atomic E-state index is 16.2. The molecule has 0 heterocycles. The first-order valence-corrected chi connectivity index (χ1v) is 18.9. The van der Waals surface area contributed by atoms with Gasteiger partial charge in [-0.05, 0) is 45.9 Å². The molecule has 0 aliphatic heterocycles. The van der Waals surface area contributed by atoms with E-state index in [2.05, 4.69) is 16.0 Å². The average molecular weight is 792 g/mol. The van der Waals surface area contributed by atoms with Gasteiger partial charge in [-0.15, -0.1) is 0 Å². The number of benzene rings is 5. The second-order valence-corrected chi connectivity index (χ2v) is 14.0. The maximum Gasteiger partial charge on any atom is 0.408 e. The van der Waals surface area contributed by atoms with Crippen molar-refractivity contribution in [2.45, 2.75) is 64.1 Å². The quantitative estimate of drug-likeness (QED) is 0.0695. The molecule has 3 N–H and O–H groups in total. The molecule has 0 fully saturated rings. The molecule has 3 atom stereocenters. The molecule has 0 saturated carbocycles. The van der Waals surface area contributed by atoms with Crippen molar-refractivity contribution in [2.24, 2.45) is 5.92 Å². The van der Waals surface area contributed by atoms with Crippen molar-refractivity contribution in [1.29, 1.82) is 0 Å². The number of alkyl halides is 2. The van der Waals surface area contributed by atoms with Gasteiger partial charge in [-0.2, -0.15) is 8.78 Å². The zero-order valence-electron chi connectivity index (χ0n) is 32.3. The van der Waals surface area contributed by atoms with E-state index in [0.717, 1.165) is 11.1 Å². The fourth-order valence-corrected chi connectivity index (χ4v) is 5.95. The van der Waals surface area contributed by atoms with Gasteiger partial charge >= 0.3 is 12.0 Å². The van der Waals surface area contributed by atoms with Crippen molar-refractivity contribution in [3.63, 3.8) is 0 Å². The smallest absolute Gasteiger partial charge is 0.408 e. The van der Waals surface area contributed by atoms with E-state index < -0.39 is 60.1 Å². The summed E-state index contributed by atoms with van der Waals surface area (Å²) in [5, 5.41) is 7.20. The van der Waals surface area contributed by atoms with Gasteiger partial charge in [0, 0.05) is 6.42 Å². The third-order valence-corrected chi connectivity index (χ3v) is 9.18. The molecule has 5 aromatic rings. The summed E-state index contributed by atoms with van der Waals surface area (Å²) in [5.74, 6) is -9.27. The van der Waals surface area contributed by atoms with E-state index >= 15 is 8.78 Å². The monoisotopic (exact) mass is 791 g/mol. The predicted octanol–water partition coefficient (Wildman–Crippen LogP) is 7.52. The van der Waals surface area contributed by atoms with Gasteiger partial charge in [0.15, 0.2) is 0 Å². The zero-order valence-corrected chi connectivity index (χ0v) is 32.3. The number of halogens is 2. The topological polar surface area (TPSA) is 132 Å². The second kappa shape index (κ2) is 21.2. The summed E-state index contributed by atoms with van der Waals surface area (Å²) in [6, 6.07) is 38.2. The van der Waals surface area contributed by atoms with E-state index in [1.54, 1.807) is 92.7 Å². The summed E-state index contributed by atoms with van der Waals surface area (Å²) in [4.78, 5) is 53.8. The highest BCUT2D eigenvalue weighted by atomic mass is 19.3. The zero-order chi connectivity index (χ0) is 41.3. The van der Waals surface area contributed by atoms with E-state index in [4.69, 9.17) is 14.2 Å².